The molecule has 0 amide bonds. The summed E-state index contributed by atoms with van der Waals surface area (Å²) in [5.41, 5.74) is 0. The summed E-state index contributed by atoms with van der Waals surface area (Å²) in [4.78, 5) is 5.75. The Morgan fingerprint density at radius 3 is 2.62 bits per heavy atom. The molecule has 2 atom stereocenters. The fourth-order valence-corrected chi connectivity index (χ4v) is 2.83. The third-order valence-electron chi connectivity index (χ3n) is 3.13. The van der Waals surface area contributed by atoms with Gasteiger partial charge in [0.05, 0.1) is 5.25 Å². The second-order valence-electron chi connectivity index (χ2n) is 4.77. The highest BCUT2D eigenvalue weighted by Gasteiger charge is 2.19. The van der Waals surface area contributed by atoms with Gasteiger partial charge in [-0.25, -0.2) is 0 Å². The molecule has 21 heavy (non-hydrogen) atoms. The predicted octanol–water partition coefficient (Wildman–Crippen LogP) is 3.89. The zero-order valence-corrected chi connectivity index (χ0v) is 14.2. The molecule has 1 aromatic heterocycles. The standard InChI is InChI=1S/C15H21N3OS.ClH/c1-4-13(20-12-8-6-5-7-9-12)15-17-14(18-19-15)10-11(2)16-3;/h5-9,11,13,16H,4,10H2,1-3H3;1H. The van der Waals surface area contributed by atoms with E-state index in [2.05, 4.69) is 41.4 Å². The van der Waals surface area contributed by atoms with E-state index in [0.29, 0.717) is 6.04 Å². The highest BCUT2D eigenvalue weighted by Crippen LogP contribution is 2.36. The highest BCUT2D eigenvalue weighted by atomic mass is 35.5. The number of hydrogen-bond donors (Lipinski definition) is 1. The summed E-state index contributed by atoms with van der Waals surface area (Å²) in [7, 11) is 1.94. The van der Waals surface area contributed by atoms with E-state index in [1.54, 1.807) is 11.8 Å². The van der Waals surface area contributed by atoms with E-state index in [1.807, 2.05) is 25.2 Å². The first-order chi connectivity index (χ1) is 9.72. The van der Waals surface area contributed by atoms with Gasteiger partial charge >= 0.3 is 0 Å². The lowest BCUT2D eigenvalue weighted by molar-refractivity contribution is 0.368. The van der Waals surface area contributed by atoms with Gasteiger partial charge in [0.1, 0.15) is 0 Å². The molecule has 1 heterocycles. The fraction of sp³-hybridized carbons (Fsp3) is 0.467. The van der Waals surface area contributed by atoms with E-state index in [-0.39, 0.29) is 17.7 Å². The number of hydrogen-bond acceptors (Lipinski definition) is 5. The zero-order chi connectivity index (χ0) is 14.4. The summed E-state index contributed by atoms with van der Waals surface area (Å²) in [6.07, 6.45) is 1.75. The van der Waals surface area contributed by atoms with Gasteiger partial charge in [-0.15, -0.1) is 24.2 Å². The number of likely N-dealkylation sites (N-methyl/N-ethyl adjacent to an activating group) is 1. The number of nitrogens with one attached hydrogen (secondary N) is 1. The van der Waals surface area contributed by atoms with Crippen LogP contribution in [-0.2, 0) is 6.42 Å². The average Bonchev–Trinajstić information content (AvgIpc) is 2.94. The van der Waals surface area contributed by atoms with Crippen molar-refractivity contribution in [3.63, 3.8) is 0 Å². The van der Waals surface area contributed by atoms with Gasteiger partial charge in [0.2, 0.25) is 5.89 Å². The molecule has 1 N–H and O–H groups in total. The first-order valence-corrected chi connectivity index (χ1v) is 7.82. The fourth-order valence-electron chi connectivity index (χ4n) is 1.83. The molecule has 116 valence electrons. The molecule has 0 bridgehead atoms. The molecule has 4 nitrogen and oxygen atoms in total. The molecule has 2 unspecified atom stereocenters. The van der Waals surface area contributed by atoms with E-state index in [1.165, 1.54) is 4.90 Å². The summed E-state index contributed by atoms with van der Waals surface area (Å²) in [6, 6.07) is 10.7. The molecule has 0 aliphatic rings. The van der Waals surface area contributed by atoms with Crippen molar-refractivity contribution >= 4 is 24.2 Å². The van der Waals surface area contributed by atoms with Crippen LogP contribution >= 0.6 is 24.2 Å². The van der Waals surface area contributed by atoms with E-state index in [4.69, 9.17) is 4.52 Å². The lowest BCUT2D eigenvalue weighted by Crippen LogP contribution is -2.24. The number of halogens is 1. The van der Waals surface area contributed by atoms with Crippen molar-refractivity contribution < 1.29 is 4.52 Å². The van der Waals surface area contributed by atoms with E-state index < -0.39 is 0 Å². The third-order valence-corrected chi connectivity index (χ3v) is 4.50. The average molecular weight is 328 g/mol. The molecule has 2 aromatic rings. The van der Waals surface area contributed by atoms with Gasteiger partial charge < -0.3 is 9.84 Å². The Balaban J connectivity index is 0.00000220. The number of thioether (sulfide) groups is 1. The van der Waals surface area contributed by atoms with Crippen molar-refractivity contribution in [3.8, 4) is 0 Å². The molecule has 2 rings (SSSR count). The van der Waals surface area contributed by atoms with Crippen LogP contribution in [0.15, 0.2) is 39.8 Å². The van der Waals surface area contributed by atoms with Gasteiger partial charge in [0, 0.05) is 17.4 Å². The topological polar surface area (TPSA) is 51.0 Å². The number of rotatable bonds is 7. The first kappa shape index (κ1) is 18.0. The van der Waals surface area contributed by atoms with Crippen LogP contribution in [0.2, 0.25) is 0 Å². The van der Waals surface area contributed by atoms with Crippen molar-refractivity contribution in [2.45, 2.75) is 42.9 Å². The van der Waals surface area contributed by atoms with Crippen LogP contribution in [0.25, 0.3) is 0 Å². The maximum absolute atomic E-state index is 5.43. The maximum atomic E-state index is 5.43. The Kier molecular flexibility index (Phi) is 7.78. The summed E-state index contributed by atoms with van der Waals surface area (Å²) >= 11 is 1.77. The Bertz CT molecular complexity index is 521. The van der Waals surface area contributed by atoms with Crippen LogP contribution < -0.4 is 5.32 Å². The van der Waals surface area contributed by atoms with Gasteiger partial charge in [-0.3, -0.25) is 0 Å². The van der Waals surface area contributed by atoms with Gasteiger partial charge in [0.25, 0.3) is 0 Å². The Hall–Kier alpha value is -1.04. The van der Waals surface area contributed by atoms with Gasteiger partial charge in [-0.2, -0.15) is 4.98 Å². The van der Waals surface area contributed by atoms with E-state index in [9.17, 15) is 0 Å². The summed E-state index contributed by atoms with van der Waals surface area (Å²) in [6.45, 7) is 4.24. The minimum Gasteiger partial charge on any atom is -0.338 e. The van der Waals surface area contributed by atoms with Crippen molar-refractivity contribution in [2.75, 3.05) is 7.05 Å². The predicted molar refractivity (Wildman–Crippen MR) is 89.1 cm³/mol. The van der Waals surface area contributed by atoms with E-state index >= 15 is 0 Å². The third kappa shape index (κ3) is 5.34. The molecule has 0 aliphatic carbocycles. The zero-order valence-electron chi connectivity index (χ0n) is 12.6. The maximum Gasteiger partial charge on any atom is 0.240 e. The Labute approximate surface area is 136 Å². The first-order valence-electron chi connectivity index (χ1n) is 6.94. The molecule has 0 radical (unpaired) electrons. The molecule has 1 aromatic carbocycles. The highest BCUT2D eigenvalue weighted by molar-refractivity contribution is 7.99. The summed E-state index contributed by atoms with van der Waals surface area (Å²) in [5, 5.41) is 7.47. The molecular formula is C15H22ClN3OS. The van der Waals surface area contributed by atoms with Crippen LogP contribution in [0.1, 0.15) is 37.2 Å². The van der Waals surface area contributed by atoms with Crippen molar-refractivity contribution in [2.24, 2.45) is 0 Å². The molecule has 0 aliphatic heterocycles. The normalized spacial score (nSPS) is 13.5. The second-order valence-corrected chi connectivity index (χ2v) is 6.05. The van der Waals surface area contributed by atoms with Crippen LogP contribution in [0, 0.1) is 0 Å². The lowest BCUT2D eigenvalue weighted by atomic mass is 10.2. The minimum absolute atomic E-state index is 0. The molecule has 6 heteroatoms. The van der Waals surface area contributed by atoms with Gasteiger partial charge in [0.15, 0.2) is 5.82 Å². The van der Waals surface area contributed by atoms with E-state index in [0.717, 1.165) is 24.6 Å². The summed E-state index contributed by atoms with van der Waals surface area (Å²) < 4.78 is 5.43. The lowest BCUT2D eigenvalue weighted by Gasteiger charge is -2.09. The molecular weight excluding hydrogens is 306 g/mol. The van der Waals surface area contributed by atoms with Gasteiger partial charge in [-0.05, 0) is 32.5 Å². The van der Waals surface area contributed by atoms with Gasteiger partial charge in [-0.1, -0.05) is 30.3 Å². The van der Waals surface area contributed by atoms with Crippen LogP contribution in [0.4, 0.5) is 0 Å². The number of aromatic nitrogens is 2. The quantitative estimate of drug-likeness (QED) is 0.782. The SMILES string of the molecule is CCC(Sc1ccccc1)c1nc(CC(C)NC)no1.Cl. The minimum atomic E-state index is 0. The molecule has 0 fully saturated rings. The Morgan fingerprint density at radius 2 is 2.00 bits per heavy atom. The smallest absolute Gasteiger partial charge is 0.240 e. The van der Waals surface area contributed by atoms with Crippen LogP contribution in [-0.4, -0.2) is 23.2 Å². The largest absolute Gasteiger partial charge is 0.338 e. The molecule has 0 saturated heterocycles. The van der Waals surface area contributed by atoms with Crippen molar-refractivity contribution in [1.29, 1.82) is 0 Å². The van der Waals surface area contributed by atoms with Crippen LogP contribution in [0.3, 0.4) is 0 Å². The second kappa shape index (κ2) is 9.07. The number of nitrogens with zero attached hydrogens (tertiary/aromatic N) is 2. The van der Waals surface area contributed by atoms with Crippen molar-refractivity contribution in [3.05, 3.63) is 42.0 Å². The molecule has 0 saturated carbocycles. The van der Waals surface area contributed by atoms with Crippen molar-refractivity contribution in [1.82, 2.24) is 15.5 Å². The molecule has 0 spiro atoms. The number of benzene rings is 1. The van der Waals surface area contributed by atoms with Crippen LogP contribution in [0.5, 0.6) is 0 Å². The monoisotopic (exact) mass is 327 g/mol. The Morgan fingerprint density at radius 1 is 1.29 bits per heavy atom. The summed E-state index contributed by atoms with van der Waals surface area (Å²) in [5.74, 6) is 1.49.